The quantitative estimate of drug-likeness (QED) is 0.127. The Morgan fingerprint density at radius 2 is 0.457 bits per heavy atom. The molecule has 70 heavy (non-hydrogen) atoms. The van der Waals surface area contributed by atoms with Crippen molar-refractivity contribution in [2.24, 2.45) is 0 Å². The van der Waals surface area contributed by atoms with Crippen LogP contribution in [0.25, 0.3) is 77.2 Å². The van der Waals surface area contributed by atoms with Crippen molar-refractivity contribution in [1.29, 1.82) is 0 Å². The molecular formula is C68H54Si2. The van der Waals surface area contributed by atoms with Crippen LogP contribution in [0.5, 0.6) is 0 Å². The smallest absolute Gasteiger partial charge is 0.0622 e. The fraction of sp³-hybridized carbons (Fsp3) is 0.0588. The van der Waals surface area contributed by atoms with Gasteiger partial charge in [-0.1, -0.05) is 251 Å². The van der Waals surface area contributed by atoms with Gasteiger partial charge < -0.3 is 0 Å². The number of benzene rings is 10. The largest absolute Gasteiger partial charge is 0.115 e. The lowest BCUT2D eigenvalue weighted by atomic mass is 9.90. The third kappa shape index (κ3) is 7.43. The van der Waals surface area contributed by atoms with Crippen LogP contribution < -0.4 is 10.4 Å². The maximum absolute atomic E-state index is 2.55. The zero-order valence-corrected chi connectivity index (χ0v) is 42.2. The molecular weight excluding hydrogens is 873 g/mol. The lowest BCUT2D eigenvalue weighted by Crippen LogP contribution is -2.42. The molecule has 2 heteroatoms. The summed E-state index contributed by atoms with van der Waals surface area (Å²) in [6.45, 7) is 10.2. The van der Waals surface area contributed by atoms with E-state index in [9.17, 15) is 0 Å². The summed E-state index contributed by atoms with van der Waals surface area (Å²) in [4.78, 5) is 0. The molecule has 0 amide bonds. The fourth-order valence-corrected chi connectivity index (χ4v) is 19.7. The van der Waals surface area contributed by atoms with Crippen molar-refractivity contribution >= 4 is 48.1 Å². The summed E-state index contributed by atoms with van der Waals surface area (Å²) >= 11 is 0. The van der Waals surface area contributed by atoms with Crippen molar-refractivity contribution in [2.45, 2.75) is 26.2 Å². The van der Waals surface area contributed by atoms with Gasteiger partial charge in [-0.15, -0.1) is 0 Å². The summed E-state index contributed by atoms with van der Waals surface area (Å²) in [6.07, 6.45) is 0. The van der Waals surface area contributed by atoms with Crippen molar-refractivity contribution in [1.82, 2.24) is 0 Å². The highest BCUT2D eigenvalue weighted by atomic mass is 28.3. The van der Waals surface area contributed by atoms with E-state index < -0.39 is 16.1 Å². The molecule has 0 unspecified atom stereocenters. The molecule has 0 saturated heterocycles. The fourth-order valence-electron chi connectivity index (χ4n) is 12.0. The predicted octanol–water partition coefficient (Wildman–Crippen LogP) is 16.9. The second-order valence-corrected chi connectivity index (χ2v) is 28.5. The normalized spacial score (nSPS) is 14.4. The van der Waals surface area contributed by atoms with E-state index in [2.05, 4.69) is 281 Å². The van der Waals surface area contributed by atoms with Crippen LogP contribution >= 0.6 is 0 Å². The number of hydrogen-bond acceptors (Lipinski definition) is 0. The summed E-state index contributed by atoms with van der Waals surface area (Å²) in [7, 11) is -4.44. The molecule has 0 spiro atoms. The Labute approximate surface area is 415 Å². The first kappa shape index (κ1) is 43.4. The zero-order valence-electron chi connectivity index (χ0n) is 40.2. The summed E-state index contributed by atoms with van der Waals surface area (Å²) in [5.74, 6) is 0. The van der Waals surface area contributed by atoms with Gasteiger partial charge in [-0.2, -0.15) is 0 Å². The molecule has 2 heterocycles. The first-order chi connectivity index (χ1) is 34.3. The van der Waals surface area contributed by atoms with Gasteiger partial charge in [0, 0.05) is 0 Å². The molecule has 0 atom stereocenters. The summed E-state index contributed by atoms with van der Waals surface area (Å²) < 4.78 is 0. The second kappa shape index (κ2) is 17.6. The third-order valence-corrected chi connectivity index (χ3v) is 22.1. The van der Waals surface area contributed by atoms with Crippen LogP contribution in [-0.4, -0.2) is 16.1 Å². The SMILES string of the molecule is C[Si]1(C)C(c2ccccc2)=C(c2ccccc2)c2cccc(-c3cccc(-c4cc(-c5ccccc5)cc(-c5cccc(-c6cccc7c6[Si](C)(C)C(c6ccccc6)=C7c6ccccc6)c5)c4)c3)c21. The second-order valence-electron chi connectivity index (χ2n) is 20.0. The monoisotopic (exact) mass is 926 g/mol. The van der Waals surface area contributed by atoms with Crippen LogP contribution in [0.1, 0.15) is 33.4 Å². The van der Waals surface area contributed by atoms with Crippen LogP contribution in [-0.2, 0) is 0 Å². The molecule has 0 nitrogen and oxygen atoms in total. The van der Waals surface area contributed by atoms with Crippen molar-refractivity contribution in [3.05, 3.63) is 288 Å². The van der Waals surface area contributed by atoms with Crippen LogP contribution in [0.4, 0.5) is 0 Å². The summed E-state index contributed by atoms with van der Waals surface area (Å²) in [5, 5.41) is 6.05. The molecule has 0 aromatic heterocycles. The van der Waals surface area contributed by atoms with Crippen LogP contribution in [0.2, 0.25) is 26.2 Å². The highest BCUT2D eigenvalue weighted by molar-refractivity contribution is 7.09. The van der Waals surface area contributed by atoms with E-state index in [4.69, 9.17) is 0 Å². The van der Waals surface area contributed by atoms with Gasteiger partial charge in [0.25, 0.3) is 0 Å². The number of hydrogen-bond donors (Lipinski definition) is 0. The van der Waals surface area contributed by atoms with Crippen molar-refractivity contribution < 1.29 is 0 Å². The lowest BCUT2D eigenvalue weighted by molar-refractivity contribution is 1.55. The molecule has 10 aromatic carbocycles. The maximum Gasteiger partial charge on any atom is 0.115 e. The van der Waals surface area contributed by atoms with E-state index in [1.54, 1.807) is 0 Å². The average molecular weight is 927 g/mol. The standard InChI is InChI=1S/C68H54Si2/c1-69(2)65(50-30-16-8-17-31-50)63(48-26-12-6-13-27-48)61-40-22-38-59(67(61)69)54-36-20-34-52(42-54)57-44-56(47-24-10-5-11-25-47)45-58(46-57)53-35-21-37-55(43-53)60-39-23-41-62-64(49-28-14-7-15-29-49)66(70(3,4)68(60)62)51-32-18-9-19-33-51/h5-46H,1-4H3. The minimum Gasteiger partial charge on any atom is -0.0622 e. The van der Waals surface area contributed by atoms with Crippen LogP contribution in [0, 0.1) is 0 Å². The van der Waals surface area contributed by atoms with E-state index >= 15 is 0 Å². The molecule has 0 radical (unpaired) electrons. The van der Waals surface area contributed by atoms with Crippen molar-refractivity contribution in [3.63, 3.8) is 0 Å². The van der Waals surface area contributed by atoms with Gasteiger partial charge in [0.1, 0.15) is 16.1 Å². The molecule has 0 aliphatic carbocycles. The molecule has 0 bridgehead atoms. The topological polar surface area (TPSA) is 0 Å². The van der Waals surface area contributed by atoms with Crippen molar-refractivity contribution in [2.75, 3.05) is 0 Å². The Kier molecular flexibility index (Phi) is 10.9. The van der Waals surface area contributed by atoms with E-state index in [0.29, 0.717) is 0 Å². The number of fused-ring (bicyclic) bond motifs is 2. The first-order valence-electron chi connectivity index (χ1n) is 24.7. The predicted molar refractivity (Wildman–Crippen MR) is 305 cm³/mol. The highest BCUT2D eigenvalue weighted by Crippen LogP contribution is 2.48. The lowest BCUT2D eigenvalue weighted by Gasteiger charge is -2.26. The maximum atomic E-state index is 2.55. The Morgan fingerprint density at radius 3 is 0.829 bits per heavy atom. The van der Waals surface area contributed by atoms with Gasteiger partial charge in [-0.25, -0.2) is 0 Å². The molecule has 10 aromatic rings. The minimum absolute atomic E-state index is 1.21. The van der Waals surface area contributed by atoms with Gasteiger partial charge in [-0.05, 0) is 151 Å². The molecule has 0 saturated carbocycles. The summed E-state index contributed by atoms with van der Waals surface area (Å²) in [6, 6.07) is 95.1. The average Bonchev–Trinajstić information content (AvgIpc) is 3.82. The van der Waals surface area contributed by atoms with E-state index in [1.807, 2.05) is 0 Å². The van der Waals surface area contributed by atoms with Crippen LogP contribution in [0.3, 0.4) is 0 Å². The Bertz CT molecular complexity index is 3440. The third-order valence-electron chi connectivity index (χ3n) is 15.0. The minimum atomic E-state index is -2.22. The van der Waals surface area contributed by atoms with E-state index in [-0.39, 0.29) is 0 Å². The van der Waals surface area contributed by atoms with Gasteiger partial charge >= 0.3 is 0 Å². The van der Waals surface area contributed by atoms with E-state index in [1.165, 1.54) is 121 Å². The first-order valence-corrected chi connectivity index (χ1v) is 30.7. The van der Waals surface area contributed by atoms with Gasteiger partial charge in [0.15, 0.2) is 0 Å². The Morgan fingerprint density at radius 1 is 0.200 bits per heavy atom. The van der Waals surface area contributed by atoms with Gasteiger partial charge in [0.2, 0.25) is 0 Å². The molecule has 0 N–H and O–H groups in total. The molecule has 2 aliphatic rings. The molecule has 2 aliphatic heterocycles. The van der Waals surface area contributed by atoms with Crippen LogP contribution in [0.15, 0.2) is 255 Å². The molecule has 334 valence electrons. The van der Waals surface area contributed by atoms with E-state index in [0.717, 1.165) is 0 Å². The number of rotatable bonds is 9. The highest BCUT2D eigenvalue weighted by Gasteiger charge is 2.44. The van der Waals surface area contributed by atoms with Crippen molar-refractivity contribution in [3.8, 4) is 55.6 Å². The van der Waals surface area contributed by atoms with Gasteiger partial charge in [-0.3, -0.25) is 0 Å². The zero-order chi connectivity index (χ0) is 47.4. The molecule has 0 fully saturated rings. The Balaban J connectivity index is 0.978. The summed E-state index contributed by atoms with van der Waals surface area (Å²) in [5.41, 5.74) is 23.2. The van der Waals surface area contributed by atoms with Gasteiger partial charge in [0.05, 0.1) is 0 Å². The Hall–Kier alpha value is -7.89. The molecule has 12 rings (SSSR count).